The van der Waals surface area contributed by atoms with Crippen molar-refractivity contribution in [1.29, 1.82) is 0 Å². The lowest BCUT2D eigenvalue weighted by atomic mass is 9.98. The van der Waals surface area contributed by atoms with E-state index in [1.165, 1.54) is 6.42 Å². The molecule has 1 fully saturated rings. The molecule has 100 valence electrons. The van der Waals surface area contributed by atoms with Gasteiger partial charge in [-0.1, -0.05) is 0 Å². The molecule has 0 spiro atoms. The van der Waals surface area contributed by atoms with Crippen LogP contribution >= 0.6 is 0 Å². The minimum atomic E-state index is 0.255. The summed E-state index contributed by atoms with van der Waals surface area (Å²) in [5.41, 5.74) is 0. The summed E-state index contributed by atoms with van der Waals surface area (Å²) >= 11 is 0. The van der Waals surface area contributed by atoms with Crippen LogP contribution in [0.5, 0.6) is 0 Å². The molecule has 0 radical (unpaired) electrons. The molecule has 1 N–H and O–H groups in total. The van der Waals surface area contributed by atoms with Gasteiger partial charge in [0.15, 0.2) is 5.82 Å². The van der Waals surface area contributed by atoms with E-state index in [0.29, 0.717) is 11.8 Å². The summed E-state index contributed by atoms with van der Waals surface area (Å²) in [6.07, 6.45) is 5.29. The van der Waals surface area contributed by atoms with E-state index < -0.39 is 0 Å². The molecule has 2 unspecified atom stereocenters. The first-order valence-electron chi connectivity index (χ1n) is 6.96. The Hall–Kier alpha value is -0.940. The van der Waals surface area contributed by atoms with Gasteiger partial charge in [-0.3, -0.25) is 0 Å². The maximum absolute atomic E-state index is 9.21. The molecule has 5 heteroatoms. The Morgan fingerprint density at radius 1 is 1.33 bits per heavy atom. The molecule has 0 saturated carbocycles. The number of fused-ring (bicyclic) bond motifs is 1. The average molecular weight is 251 g/mol. The number of rotatable bonds is 3. The highest BCUT2D eigenvalue weighted by atomic mass is 16.5. The second-order valence-corrected chi connectivity index (χ2v) is 5.50. The quantitative estimate of drug-likeness (QED) is 0.863. The van der Waals surface area contributed by atoms with Gasteiger partial charge in [-0.15, -0.1) is 0 Å². The summed E-state index contributed by atoms with van der Waals surface area (Å²) in [6, 6.07) is 0. The molecule has 1 saturated heterocycles. The van der Waals surface area contributed by atoms with Crippen LogP contribution in [0.25, 0.3) is 0 Å². The fourth-order valence-corrected chi connectivity index (χ4v) is 2.89. The van der Waals surface area contributed by atoms with E-state index in [4.69, 9.17) is 4.74 Å². The maximum Gasteiger partial charge on any atom is 0.151 e. The van der Waals surface area contributed by atoms with E-state index in [9.17, 15) is 5.11 Å². The smallest absolute Gasteiger partial charge is 0.151 e. The van der Waals surface area contributed by atoms with Gasteiger partial charge in [0.2, 0.25) is 0 Å². The van der Waals surface area contributed by atoms with Crippen molar-refractivity contribution in [3.63, 3.8) is 0 Å². The van der Waals surface area contributed by atoms with Crippen molar-refractivity contribution >= 4 is 0 Å². The first kappa shape index (κ1) is 12.1. The number of aliphatic hydroxyl groups is 1. The lowest BCUT2D eigenvalue weighted by Gasteiger charge is -2.20. The molecule has 0 aliphatic carbocycles. The second kappa shape index (κ2) is 5.36. The van der Waals surface area contributed by atoms with Crippen LogP contribution in [0, 0.1) is 11.8 Å². The molecule has 0 aromatic carbocycles. The third kappa shape index (κ3) is 2.57. The Balaban J connectivity index is 1.65. The van der Waals surface area contributed by atoms with Crippen molar-refractivity contribution in [1.82, 2.24) is 14.8 Å². The fraction of sp³-hybridized carbons (Fsp3) is 0.846. The highest BCUT2D eigenvalue weighted by Gasteiger charge is 2.23. The first-order valence-corrected chi connectivity index (χ1v) is 6.96. The Morgan fingerprint density at radius 3 is 3.06 bits per heavy atom. The highest BCUT2D eigenvalue weighted by molar-refractivity contribution is 4.98. The van der Waals surface area contributed by atoms with Gasteiger partial charge in [0, 0.05) is 45.1 Å². The van der Waals surface area contributed by atoms with Crippen LogP contribution < -0.4 is 0 Å². The fourth-order valence-electron chi connectivity index (χ4n) is 2.89. The number of hydrogen-bond acceptors (Lipinski definition) is 4. The highest BCUT2D eigenvalue weighted by Crippen LogP contribution is 2.21. The Labute approximate surface area is 107 Å². The summed E-state index contributed by atoms with van der Waals surface area (Å²) in [5.74, 6) is 2.98. The van der Waals surface area contributed by atoms with Gasteiger partial charge in [0.1, 0.15) is 5.82 Å². The molecule has 2 aliphatic rings. The van der Waals surface area contributed by atoms with Crippen LogP contribution in [-0.4, -0.2) is 39.7 Å². The van der Waals surface area contributed by atoms with Gasteiger partial charge in [-0.05, 0) is 25.2 Å². The predicted octanol–water partition coefficient (Wildman–Crippen LogP) is 0.802. The molecule has 0 amide bonds. The Morgan fingerprint density at radius 2 is 2.28 bits per heavy atom. The molecule has 3 rings (SSSR count). The standard InChI is InChI=1S/C13H21N3O2/c17-8-11-3-4-13-14-12(15-16(13)7-11)6-10-2-1-5-18-9-10/h10-11,17H,1-9H2. The lowest BCUT2D eigenvalue weighted by Crippen LogP contribution is -2.23. The zero-order valence-electron chi connectivity index (χ0n) is 10.7. The second-order valence-electron chi connectivity index (χ2n) is 5.50. The van der Waals surface area contributed by atoms with Crippen LogP contribution in [0.3, 0.4) is 0 Å². The monoisotopic (exact) mass is 251 g/mol. The van der Waals surface area contributed by atoms with Crippen molar-refractivity contribution < 1.29 is 9.84 Å². The summed E-state index contributed by atoms with van der Waals surface area (Å²) in [5, 5.41) is 13.8. The molecule has 1 aromatic rings. The molecule has 3 heterocycles. The zero-order chi connectivity index (χ0) is 12.4. The van der Waals surface area contributed by atoms with Gasteiger partial charge in [-0.25, -0.2) is 9.67 Å². The van der Waals surface area contributed by atoms with E-state index in [2.05, 4.69) is 10.1 Å². The van der Waals surface area contributed by atoms with Crippen molar-refractivity contribution in [3.05, 3.63) is 11.6 Å². The first-order chi connectivity index (χ1) is 8.85. The number of hydrogen-bond donors (Lipinski definition) is 1. The zero-order valence-corrected chi connectivity index (χ0v) is 10.7. The average Bonchev–Trinajstić information content (AvgIpc) is 2.80. The van der Waals surface area contributed by atoms with Crippen LogP contribution in [0.4, 0.5) is 0 Å². The maximum atomic E-state index is 9.21. The minimum absolute atomic E-state index is 0.255. The van der Waals surface area contributed by atoms with Crippen molar-refractivity contribution in [2.45, 2.75) is 38.6 Å². The van der Waals surface area contributed by atoms with Crippen LogP contribution in [0.15, 0.2) is 0 Å². The van der Waals surface area contributed by atoms with Crippen molar-refractivity contribution in [2.75, 3.05) is 19.8 Å². The number of nitrogens with zero attached hydrogens (tertiary/aromatic N) is 3. The van der Waals surface area contributed by atoms with Crippen LogP contribution in [0.2, 0.25) is 0 Å². The van der Waals surface area contributed by atoms with E-state index in [-0.39, 0.29) is 6.61 Å². The van der Waals surface area contributed by atoms with Gasteiger partial charge in [-0.2, -0.15) is 5.10 Å². The van der Waals surface area contributed by atoms with E-state index in [1.54, 1.807) is 0 Å². The number of ether oxygens (including phenoxy) is 1. The van der Waals surface area contributed by atoms with Crippen molar-refractivity contribution in [2.24, 2.45) is 11.8 Å². The summed E-state index contributed by atoms with van der Waals surface area (Å²) in [6.45, 7) is 2.83. The van der Waals surface area contributed by atoms with Crippen LogP contribution in [-0.2, 0) is 24.1 Å². The molecule has 1 aromatic heterocycles. The summed E-state index contributed by atoms with van der Waals surface area (Å²) in [7, 11) is 0. The lowest BCUT2D eigenvalue weighted by molar-refractivity contribution is 0.0542. The topological polar surface area (TPSA) is 60.2 Å². The molecular formula is C13H21N3O2. The number of aryl methyl sites for hydroxylation is 1. The van der Waals surface area contributed by atoms with E-state index in [0.717, 1.165) is 57.1 Å². The molecule has 0 bridgehead atoms. The molecule has 5 nitrogen and oxygen atoms in total. The Kier molecular flexibility index (Phi) is 3.61. The van der Waals surface area contributed by atoms with E-state index in [1.807, 2.05) is 4.68 Å². The molecule has 2 atom stereocenters. The van der Waals surface area contributed by atoms with Gasteiger partial charge in [0.25, 0.3) is 0 Å². The minimum Gasteiger partial charge on any atom is -0.396 e. The molecular weight excluding hydrogens is 230 g/mol. The normalized spacial score (nSPS) is 28.1. The van der Waals surface area contributed by atoms with Gasteiger partial charge >= 0.3 is 0 Å². The molecule has 18 heavy (non-hydrogen) atoms. The predicted molar refractivity (Wildman–Crippen MR) is 66.2 cm³/mol. The number of aromatic nitrogens is 3. The summed E-state index contributed by atoms with van der Waals surface area (Å²) in [4.78, 5) is 4.63. The van der Waals surface area contributed by atoms with Gasteiger partial charge < -0.3 is 9.84 Å². The summed E-state index contributed by atoms with van der Waals surface area (Å²) < 4.78 is 7.48. The number of aliphatic hydroxyl groups excluding tert-OH is 1. The van der Waals surface area contributed by atoms with E-state index >= 15 is 0 Å². The molecule has 2 aliphatic heterocycles. The van der Waals surface area contributed by atoms with Crippen LogP contribution in [0.1, 0.15) is 30.9 Å². The third-order valence-electron chi connectivity index (χ3n) is 3.98. The Bertz CT molecular complexity index is 399. The largest absolute Gasteiger partial charge is 0.396 e. The SMILES string of the molecule is OCC1CCc2nc(CC3CCCOC3)nn2C1. The third-order valence-corrected chi connectivity index (χ3v) is 3.98. The van der Waals surface area contributed by atoms with Gasteiger partial charge in [0.05, 0.1) is 0 Å². The van der Waals surface area contributed by atoms with Crippen molar-refractivity contribution in [3.8, 4) is 0 Å².